The fraction of sp³-hybridized carbons (Fsp3) is 0.450. The van der Waals surface area contributed by atoms with E-state index in [1.54, 1.807) is 12.3 Å². The summed E-state index contributed by atoms with van der Waals surface area (Å²) >= 11 is 0. The van der Waals surface area contributed by atoms with Crippen LogP contribution in [-0.2, 0) is 0 Å². The first-order chi connectivity index (χ1) is 12.0. The monoisotopic (exact) mass is 341 g/mol. The number of aromatic nitrogens is 1. The average Bonchev–Trinajstić information content (AvgIpc) is 3.13. The topological polar surface area (TPSA) is 68.4 Å². The molecule has 1 fully saturated rings. The van der Waals surface area contributed by atoms with Crippen LogP contribution in [0.5, 0.6) is 0 Å². The Morgan fingerprint density at radius 1 is 1.32 bits per heavy atom. The zero-order valence-electron chi connectivity index (χ0n) is 15.0. The summed E-state index contributed by atoms with van der Waals surface area (Å²) in [7, 11) is 0. The van der Waals surface area contributed by atoms with Gasteiger partial charge in [0.25, 0.3) is 5.91 Å². The maximum atomic E-state index is 12.1. The second kappa shape index (κ2) is 7.85. The number of carbonyl (C=O) groups excluding carboxylic acids is 1. The van der Waals surface area contributed by atoms with Crippen molar-refractivity contribution in [1.82, 2.24) is 15.2 Å². The number of carbonyl (C=O) groups is 1. The predicted molar refractivity (Wildman–Crippen MR) is 98.6 cm³/mol. The fourth-order valence-corrected chi connectivity index (χ4v) is 3.46. The number of aliphatic hydroxyl groups excluding tert-OH is 1. The average molecular weight is 341 g/mol. The number of benzene rings is 1. The Bertz CT molecular complexity index is 704. The molecule has 0 spiro atoms. The Kier molecular flexibility index (Phi) is 5.56. The molecule has 1 atom stereocenters. The maximum absolute atomic E-state index is 12.1. The highest BCUT2D eigenvalue weighted by Gasteiger charge is 2.23. The number of nitrogens with one attached hydrogen (secondary N) is 2. The third-order valence-electron chi connectivity index (χ3n) is 4.99. The minimum atomic E-state index is -0.468. The molecule has 134 valence electrons. The van der Waals surface area contributed by atoms with Gasteiger partial charge in [0.2, 0.25) is 0 Å². The summed E-state index contributed by atoms with van der Waals surface area (Å²) in [6, 6.07) is 10.0. The van der Waals surface area contributed by atoms with E-state index in [2.05, 4.69) is 33.4 Å². The van der Waals surface area contributed by atoms with Crippen LogP contribution in [0.15, 0.2) is 36.5 Å². The van der Waals surface area contributed by atoms with E-state index in [0.717, 1.165) is 37.1 Å². The smallest absolute Gasteiger partial charge is 0.267 e. The maximum Gasteiger partial charge on any atom is 0.267 e. The SMILES string of the molecule is Cc1ccc(C)c([C@H](O)CN2CCC(NC(=O)c3ccc[nH]3)CC2)c1. The molecule has 1 amide bonds. The number of hydrogen-bond donors (Lipinski definition) is 3. The number of likely N-dealkylation sites (tertiary alicyclic amines) is 1. The molecular formula is C20H27N3O2. The van der Waals surface area contributed by atoms with E-state index in [9.17, 15) is 9.90 Å². The summed E-state index contributed by atoms with van der Waals surface area (Å²) in [5.41, 5.74) is 3.92. The van der Waals surface area contributed by atoms with Gasteiger partial charge >= 0.3 is 0 Å². The number of rotatable bonds is 5. The lowest BCUT2D eigenvalue weighted by Gasteiger charge is -2.33. The molecule has 0 unspecified atom stereocenters. The van der Waals surface area contributed by atoms with E-state index < -0.39 is 6.10 Å². The molecular weight excluding hydrogens is 314 g/mol. The third-order valence-corrected chi connectivity index (χ3v) is 4.99. The van der Waals surface area contributed by atoms with Crippen LogP contribution in [0, 0.1) is 13.8 Å². The summed E-state index contributed by atoms with van der Waals surface area (Å²) in [5.74, 6) is -0.0427. The van der Waals surface area contributed by atoms with Gasteiger partial charge in [-0.05, 0) is 49.9 Å². The second-order valence-corrected chi connectivity index (χ2v) is 7.01. The van der Waals surface area contributed by atoms with Crippen LogP contribution in [0.4, 0.5) is 0 Å². The Balaban J connectivity index is 1.49. The van der Waals surface area contributed by atoms with Crippen molar-refractivity contribution in [3.63, 3.8) is 0 Å². The highest BCUT2D eigenvalue weighted by Crippen LogP contribution is 2.22. The summed E-state index contributed by atoms with van der Waals surface area (Å²) in [6.07, 6.45) is 3.11. The van der Waals surface area contributed by atoms with Crippen molar-refractivity contribution in [2.45, 2.75) is 38.8 Å². The third kappa shape index (κ3) is 4.50. The van der Waals surface area contributed by atoms with Crippen LogP contribution in [0.2, 0.25) is 0 Å². The molecule has 0 aliphatic carbocycles. The van der Waals surface area contributed by atoms with Crippen molar-refractivity contribution in [2.75, 3.05) is 19.6 Å². The number of aliphatic hydroxyl groups is 1. The van der Waals surface area contributed by atoms with E-state index >= 15 is 0 Å². The molecule has 0 radical (unpaired) electrons. The van der Waals surface area contributed by atoms with Crippen molar-refractivity contribution in [1.29, 1.82) is 0 Å². The minimum Gasteiger partial charge on any atom is -0.387 e. The van der Waals surface area contributed by atoms with Crippen molar-refractivity contribution in [2.24, 2.45) is 0 Å². The van der Waals surface area contributed by atoms with Gasteiger partial charge in [-0.2, -0.15) is 0 Å². The van der Waals surface area contributed by atoms with Gasteiger partial charge in [-0.15, -0.1) is 0 Å². The number of hydrogen-bond acceptors (Lipinski definition) is 3. The molecule has 1 aromatic carbocycles. The van der Waals surface area contributed by atoms with Crippen molar-refractivity contribution in [3.05, 3.63) is 58.9 Å². The lowest BCUT2D eigenvalue weighted by molar-refractivity contribution is 0.0823. The van der Waals surface area contributed by atoms with Gasteiger partial charge in [0.15, 0.2) is 0 Å². The summed E-state index contributed by atoms with van der Waals surface area (Å²) < 4.78 is 0. The lowest BCUT2D eigenvalue weighted by atomic mass is 9.99. The van der Waals surface area contributed by atoms with Gasteiger partial charge in [-0.3, -0.25) is 4.79 Å². The molecule has 25 heavy (non-hydrogen) atoms. The normalized spacial score (nSPS) is 17.4. The first-order valence-electron chi connectivity index (χ1n) is 8.95. The highest BCUT2D eigenvalue weighted by molar-refractivity contribution is 5.92. The fourth-order valence-electron chi connectivity index (χ4n) is 3.46. The van der Waals surface area contributed by atoms with E-state index in [1.165, 1.54) is 5.56 Å². The Labute approximate surface area is 149 Å². The molecule has 3 rings (SSSR count). The highest BCUT2D eigenvalue weighted by atomic mass is 16.3. The van der Waals surface area contributed by atoms with Gasteiger partial charge in [-0.1, -0.05) is 23.8 Å². The first-order valence-corrected chi connectivity index (χ1v) is 8.95. The van der Waals surface area contributed by atoms with Crippen LogP contribution in [-0.4, -0.2) is 46.6 Å². The number of amides is 1. The minimum absolute atomic E-state index is 0.0427. The summed E-state index contributed by atoms with van der Waals surface area (Å²) in [4.78, 5) is 17.3. The van der Waals surface area contributed by atoms with Crippen LogP contribution < -0.4 is 5.32 Å². The van der Waals surface area contributed by atoms with E-state index in [1.807, 2.05) is 19.9 Å². The van der Waals surface area contributed by atoms with Gasteiger partial charge in [-0.25, -0.2) is 0 Å². The summed E-state index contributed by atoms with van der Waals surface area (Å²) in [6.45, 7) is 6.51. The Morgan fingerprint density at radius 3 is 2.76 bits per heavy atom. The molecule has 3 N–H and O–H groups in total. The number of piperidine rings is 1. The van der Waals surface area contributed by atoms with Gasteiger partial charge < -0.3 is 20.3 Å². The number of aryl methyl sites for hydroxylation is 2. The molecule has 5 heteroatoms. The van der Waals surface area contributed by atoms with Crippen LogP contribution in [0.1, 0.15) is 46.1 Å². The molecule has 0 bridgehead atoms. The Morgan fingerprint density at radius 2 is 2.08 bits per heavy atom. The number of β-amino-alcohol motifs (C(OH)–C–C–N with tert-alkyl or cyclic N) is 1. The molecule has 2 heterocycles. The first kappa shape index (κ1) is 17.7. The number of aromatic amines is 1. The van der Waals surface area contributed by atoms with Gasteiger partial charge in [0.05, 0.1) is 6.10 Å². The quantitative estimate of drug-likeness (QED) is 0.783. The molecule has 1 aliphatic rings. The van der Waals surface area contributed by atoms with Crippen molar-refractivity contribution in [3.8, 4) is 0 Å². The largest absolute Gasteiger partial charge is 0.387 e. The van der Waals surface area contributed by atoms with Crippen LogP contribution in [0.25, 0.3) is 0 Å². The molecule has 1 aromatic heterocycles. The molecule has 0 saturated carbocycles. The second-order valence-electron chi connectivity index (χ2n) is 7.01. The molecule has 5 nitrogen and oxygen atoms in total. The lowest BCUT2D eigenvalue weighted by Crippen LogP contribution is -2.45. The molecule has 2 aromatic rings. The number of nitrogens with zero attached hydrogens (tertiary/aromatic N) is 1. The van der Waals surface area contributed by atoms with E-state index in [4.69, 9.17) is 0 Å². The van der Waals surface area contributed by atoms with Gasteiger partial charge in [0, 0.05) is 31.9 Å². The molecule has 1 aliphatic heterocycles. The van der Waals surface area contributed by atoms with Crippen LogP contribution in [0.3, 0.4) is 0 Å². The van der Waals surface area contributed by atoms with E-state index in [-0.39, 0.29) is 11.9 Å². The summed E-state index contributed by atoms with van der Waals surface area (Å²) in [5, 5.41) is 13.7. The zero-order valence-corrected chi connectivity index (χ0v) is 15.0. The molecule has 1 saturated heterocycles. The number of H-pyrrole nitrogens is 1. The Hall–Kier alpha value is -2.11. The van der Waals surface area contributed by atoms with Gasteiger partial charge in [0.1, 0.15) is 5.69 Å². The van der Waals surface area contributed by atoms with Crippen molar-refractivity contribution >= 4 is 5.91 Å². The zero-order chi connectivity index (χ0) is 17.8. The predicted octanol–water partition coefficient (Wildman–Crippen LogP) is 2.56. The van der Waals surface area contributed by atoms with E-state index in [0.29, 0.717) is 12.2 Å². The van der Waals surface area contributed by atoms with Crippen molar-refractivity contribution < 1.29 is 9.90 Å². The van der Waals surface area contributed by atoms with Crippen LogP contribution >= 0.6 is 0 Å². The standard InChI is InChI=1S/C20H27N3O2/c1-14-5-6-15(2)17(12-14)19(24)13-23-10-7-16(8-11-23)22-20(25)18-4-3-9-21-18/h3-6,9,12,16,19,21,24H,7-8,10-11,13H2,1-2H3,(H,22,25)/t19-/m1/s1.